The molecule has 2 aromatic rings. The van der Waals surface area contributed by atoms with E-state index in [1.165, 1.54) is 43.5 Å². The van der Waals surface area contributed by atoms with Crippen LogP contribution in [0.1, 0.15) is 49.0 Å². The number of aromatic nitrogens is 3. The van der Waals surface area contributed by atoms with Crippen molar-refractivity contribution in [2.24, 2.45) is 5.73 Å². The van der Waals surface area contributed by atoms with E-state index in [4.69, 9.17) is 5.73 Å². The van der Waals surface area contributed by atoms with Crippen LogP contribution in [-0.4, -0.2) is 14.8 Å². The molecular weight excluding hydrogens is 287 g/mol. The summed E-state index contributed by atoms with van der Waals surface area (Å²) in [6.45, 7) is 0.327. The first-order valence-corrected chi connectivity index (χ1v) is 8.19. The van der Waals surface area contributed by atoms with Crippen LogP contribution in [0.3, 0.4) is 0 Å². The lowest BCUT2D eigenvalue weighted by molar-refractivity contribution is 0.593. The van der Waals surface area contributed by atoms with Crippen LogP contribution in [0, 0.1) is 5.82 Å². The molecule has 0 saturated heterocycles. The van der Waals surface area contributed by atoms with Crippen molar-refractivity contribution in [3.8, 4) is 0 Å². The van der Waals surface area contributed by atoms with Crippen molar-refractivity contribution >= 4 is 11.8 Å². The van der Waals surface area contributed by atoms with Gasteiger partial charge in [-0.05, 0) is 49.1 Å². The molecule has 4 nitrogen and oxygen atoms in total. The lowest BCUT2D eigenvalue weighted by atomic mass is 10.2. The number of rotatable bonds is 5. The number of hydrogen-bond donors (Lipinski definition) is 1. The molecule has 2 saturated carbocycles. The molecule has 1 aromatic carbocycles. The van der Waals surface area contributed by atoms with Crippen molar-refractivity contribution in [3.05, 3.63) is 35.4 Å². The minimum atomic E-state index is -0.235. The van der Waals surface area contributed by atoms with Crippen LogP contribution in [0.4, 0.5) is 4.39 Å². The third kappa shape index (κ3) is 2.46. The first kappa shape index (κ1) is 13.3. The molecule has 2 aliphatic rings. The van der Waals surface area contributed by atoms with Crippen molar-refractivity contribution in [1.82, 2.24) is 14.8 Å². The van der Waals surface area contributed by atoms with Crippen LogP contribution in [-0.2, 0) is 6.54 Å². The van der Waals surface area contributed by atoms with Gasteiger partial charge in [-0.3, -0.25) is 0 Å². The van der Waals surface area contributed by atoms with Gasteiger partial charge in [-0.2, -0.15) is 0 Å². The van der Waals surface area contributed by atoms with E-state index in [1.807, 2.05) is 6.07 Å². The molecule has 2 N–H and O–H groups in total. The first-order valence-electron chi connectivity index (χ1n) is 7.38. The van der Waals surface area contributed by atoms with Gasteiger partial charge in [0, 0.05) is 18.5 Å². The van der Waals surface area contributed by atoms with Crippen molar-refractivity contribution in [1.29, 1.82) is 0 Å². The second-order valence-corrected chi connectivity index (χ2v) is 6.73. The Morgan fingerprint density at radius 3 is 2.71 bits per heavy atom. The maximum atomic E-state index is 14.1. The fourth-order valence-corrected chi connectivity index (χ4v) is 3.63. The Balaban J connectivity index is 1.71. The fraction of sp³-hybridized carbons (Fsp3) is 0.467. The molecule has 0 radical (unpaired) electrons. The summed E-state index contributed by atoms with van der Waals surface area (Å²) in [5, 5.41) is 9.48. The maximum Gasteiger partial charge on any atom is 0.196 e. The largest absolute Gasteiger partial charge is 0.326 e. The Morgan fingerprint density at radius 1 is 1.24 bits per heavy atom. The van der Waals surface area contributed by atoms with Gasteiger partial charge in [0.15, 0.2) is 5.16 Å². The normalized spacial score (nSPS) is 18.2. The Bertz CT molecular complexity index is 676. The third-order valence-corrected chi connectivity index (χ3v) is 5.13. The fourth-order valence-electron chi connectivity index (χ4n) is 2.57. The monoisotopic (exact) mass is 304 g/mol. The van der Waals surface area contributed by atoms with Crippen molar-refractivity contribution < 1.29 is 4.39 Å². The lowest BCUT2D eigenvalue weighted by Crippen LogP contribution is -2.04. The minimum absolute atomic E-state index is 0.235. The average molecular weight is 304 g/mol. The predicted molar refractivity (Wildman–Crippen MR) is 78.7 cm³/mol. The molecule has 1 aromatic heterocycles. The van der Waals surface area contributed by atoms with Crippen molar-refractivity contribution in [2.75, 3.05) is 0 Å². The molecule has 0 atom stereocenters. The standard InChI is InChI=1S/C15H17FN4S/c16-12-3-1-2-10(8-17)13(12)21-15-19-18-14(9-4-5-9)20(15)11-6-7-11/h1-3,9,11H,4-8,17H2. The zero-order valence-corrected chi connectivity index (χ0v) is 12.4. The molecule has 4 rings (SSSR count). The summed E-state index contributed by atoms with van der Waals surface area (Å²) >= 11 is 1.36. The Morgan fingerprint density at radius 2 is 2.05 bits per heavy atom. The van der Waals surface area contributed by atoms with Gasteiger partial charge in [-0.15, -0.1) is 10.2 Å². The van der Waals surface area contributed by atoms with Gasteiger partial charge in [-0.25, -0.2) is 4.39 Å². The van der Waals surface area contributed by atoms with Crippen LogP contribution < -0.4 is 5.73 Å². The quantitative estimate of drug-likeness (QED) is 0.921. The SMILES string of the molecule is NCc1cccc(F)c1Sc1nnc(C2CC2)n1C1CC1. The summed E-state index contributed by atoms with van der Waals surface area (Å²) in [7, 11) is 0. The zero-order valence-electron chi connectivity index (χ0n) is 11.6. The highest BCUT2D eigenvalue weighted by Crippen LogP contribution is 2.47. The summed E-state index contributed by atoms with van der Waals surface area (Å²) in [5.41, 5.74) is 6.54. The summed E-state index contributed by atoms with van der Waals surface area (Å²) in [6.07, 6.45) is 4.74. The first-order chi connectivity index (χ1) is 10.3. The topological polar surface area (TPSA) is 56.7 Å². The molecule has 0 aliphatic heterocycles. The highest BCUT2D eigenvalue weighted by atomic mass is 32.2. The average Bonchev–Trinajstić information content (AvgIpc) is 3.40. The number of benzene rings is 1. The van der Waals surface area contributed by atoms with E-state index < -0.39 is 0 Å². The van der Waals surface area contributed by atoms with Crippen LogP contribution >= 0.6 is 11.8 Å². The molecular formula is C15H17FN4S. The van der Waals surface area contributed by atoms with E-state index in [2.05, 4.69) is 14.8 Å². The number of nitrogens with zero attached hydrogens (tertiary/aromatic N) is 3. The summed E-state index contributed by atoms with van der Waals surface area (Å²) in [5.74, 6) is 1.41. The van der Waals surface area contributed by atoms with Gasteiger partial charge in [-0.1, -0.05) is 12.1 Å². The zero-order chi connectivity index (χ0) is 14.4. The van der Waals surface area contributed by atoms with Crippen LogP contribution in [0.2, 0.25) is 0 Å². The highest BCUT2D eigenvalue weighted by Gasteiger charge is 2.36. The number of halogens is 1. The summed E-state index contributed by atoms with van der Waals surface area (Å²) in [6, 6.07) is 5.54. The maximum absolute atomic E-state index is 14.1. The van der Waals surface area contributed by atoms with E-state index in [0.717, 1.165) is 16.5 Å². The molecule has 2 aliphatic carbocycles. The van der Waals surface area contributed by atoms with Gasteiger partial charge in [0.2, 0.25) is 0 Å². The van der Waals surface area contributed by atoms with E-state index in [0.29, 0.717) is 23.4 Å². The van der Waals surface area contributed by atoms with Gasteiger partial charge in [0.25, 0.3) is 0 Å². The Kier molecular flexibility index (Phi) is 3.23. The predicted octanol–water partition coefficient (Wildman–Crippen LogP) is 3.24. The van der Waals surface area contributed by atoms with Gasteiger partial charge in [0.1, 0.15) is 11.6 Å². The molecule has 21 heavy (non-hydrogen) atoms. The molecule has 0 unspecified atom stereocenters. The van der Waals surface area contributed by atoms with E-state index in [9.17, 15) is 4.39 Å². The molecule has 0 amide bonds. The summed E-state index contributed by atoms with van der Waals surface area (Å²) in [4.78, 5) is 0.580. The van der Waals surface area contributed by atoms with Crippen molar-refractivity contribution in [3.63, 3.8) is 0 Å². The van der Waals surface area contributed by atoms with E-state index in [1.54, 1.807) is 6.07 Å². The second-order valence-electron chi connectivity index (χ2n) is 5.75. The van der Waals surface area contributed by atoms with E-state index >= 15 is 0 Å². The smallest absolute Gasteiger partial charge is 0.196 e. The van der Waals surface area contributed by atoms with Crippen LogP contribution in [0.25, 0.3) is 0 Å². The molecule has 0 spiro atoms. The Labute approximate surface area is 126 Å². The van der Waals surface area contributed by atoms with Gasteiger partial charge >= 0.3 is 0 Å². The van der Waals surface area contributed by atoms with Gasteiger partial charge < -0.3 is 10.3 Å². The highest BCUT2D eigenvalue weighted by molar-refractivity contribution is 7.99. The summed E-state index contributed by atoms with van der Waals surface area (Å²) < 4.78 is 16.3. The lowest BCUT2D eigenvalue weighted by Gasteiger charge is -2.10. The van der Waals surface area contributed by atoms with Crippen LogP contribution in [0.15, 0.2) is 28.3 Å². The molecule has 110 valence electrons. The third-order valence-electron chi connectivity index (χ3n) is 4.01. The minimum Gasteiger partial charge on any atom is -0.326 e. The molecule has 1 heterocycles. The molecule has 2 fully saturated rings. The number of hydrogen-bond acceptors (Lipinski definition) is 4. The van der Waals surface area contributed by atoms with Crippen molar-refractivity contribution in [2.45, 2.75) is 54.2 Å². The molecule has 0 bridgehead atoms. The Hall–Kier alpha value is -1.40. The van der Waals surface area contributed by atoms with Crippen LogP contribution in [0.5, 0.6) is 0 Å². The molecule has 6 heteroatoms. The second kappa shape index (κ2) is 5.10. The number of nitrogens with two attached hydrogens (primary N) is 1. The van der Waals surface area contributed by atoms with E-state index in [-0.39, 0.29) is 5.82 Å². The van der Waals surface area contributed by atoms with Gasteiger partial charge in [0.05, 0.1) is 4.90 Å².